The van der Waals surface area contributed by atoms with Crippen molar-refractivity contribution in [3.8, 4) is 0 Å². The molecule has 27 heavy (non-hydrogen) atoms. The molecule has 1 N–H and O–H groups in total. The minimum Gasteiger partial charge on any atom is -0.360 e. The second-order valence-corrected chi connectivity index (χ2v) is 10.3. The number of piperazine rings is 1. The molecule has 7 heteroatoms. The Labute approximate surface area is 163 Å². The zero-order valence-corrected chi connectivity index (χ0v) is 17.7. The van der Waals surface area contributed by atoms with Crippen LogP contribution in [0.3, 0.4) is 0 Å². The van der Waals surface area contributed by atoms with E-state index in [2.05, 4.69) is 36.9 Å². The summed E-state index contributed by atoms with van der Waals surface area (Å²) >= 11 is 0. The lowest BCUT2D eigenvalue weighted by Crippen LogP contribution is -3.19. The summed E-state index contributed by atoms with van der Waals surface area (Å²) in [7, 11) is -1.22. The Balaban J connectivity index is 1.59. The summed E-state index contributed by atoms with van der Waals surface area (Å²) in [5, 5.41) is 0. The third-order valence-corrected chi connectivity index (χ3v) is 8.16. The van der Waals surface area contributed by atoms with Gasteiger partial charge in [-0.2, -0.15) is 0 Å². The number of benzene rings is 1. The third kappa shape index (κ3) is 4.29. The van der Waals surface area contributed by atoms with Gasteiger partial charge in [0.25, 0.3) is 5.91 Å². The average molecular weight is 395 g/mol. The van der Waals surface area contributed by atoms with Crippen LogP contribution in [0, 0.1) is 13.8 Å². The van der Waals surface area contributed by atoms with Gasteiger partial charge in [0, 0.05) is 18.8 Å². The van der Waals surface area contributed by atoms with Crippen LogP contribution in [0.2, 0.25) is 0 Å². The highest BCUT2D eigenvalue weighted by Gasteiger charge is 2.37. The minimum absolute atomic E-state index is 0.0623. The lowest BCUT2D eigenvalue weighted by Gasteiger charge is -2.38. The van der Waals surface area contributed by atoms with Crippen molar-refractivity contribution in [2.45, 2.75) is 39.3 Å². The largest absolute Gasteiger partial charge is 0.360 e. The molecular formula is C20H32N3O3S+. The van der Waals surface area contributed by atoms with E-state index in [-0.39, 0.29) is 29.5 Å². The van der Waals surface area contributed by atoms with Crippen molar-refractivity contribution in [1.29, 1.82) is 0 Å². The van der Waals surface area contributed by atoms with Crippen LogP contribution >= 0.6 is 0 Å². The van der Waals surface area contributed by atoms with Crippen LogP contribution in [0.1, 0.15) is 24.5 Å². The van der Waals surface area contributed by atoms with Crippen LogP contribution in [-0.2, 0) is 14.6 Å². The molecule has 1 aromatic rings. The monoisotopic (exact) mass is 394 g/mol. The minimum atomic E-state index is -2.98. The average Bonchev–Trinajstić information content (AvgIpc) is 3.02. The Hall–Kier alpha value is -1.60. The molecule has 6 nitrogen and oxygen atoms in total. The molecule has 0 aromatic heterocycles. The Bertz CT molecular complexity index is 801. The van der Waals surface area contributed by atoms with Gasteiger partial charge in [-0.25, -0.2) is 8.42 Å². The second-order valence-electron chi connectivity index (χ2n) is 8.09. The smallest absolute Gasteiger partial charge is 0.280 e. The van der Waals surface area contributed by atoms with Crippen molar-refractivity contribution in [3.63, 3.8) is 0 Å². The van der Waals surface area contributed by atoms with Gasteiger partial charge in [0.05, 0.1) is 37.7 Å². The van der Waals surface area contributed by atoms with Crippen molar-refractivity contribution in [2.24, 2.45) is 0 Å². The number of nitrogens with zero attached hydrogens (tertiary/aromatic N) is 2. The first-order chi connectivity index (χ1) is 12.7. The van der Waals surface area contributed by atoms with Crippen LogP contribution in [-0.4, -0.2) is 76.0 Å². The van der Waals surface area contributed by atoms with Gasteiger partial charge in [-0.3, -0.25) is 4.79 Å². The number of aryl methyl sites for hydroxylation is 1. The fourth-order valence-electron chi connectivity index (χ4n) is 4.29. The van der Waals surface area contributed by atoms with Crippen molar-refractivity contribution in [2.75, 3.05) is 49.6 Å². The normalized spacial score (nSPS) is 24.0. The SMILES string of the molecule is Cc1cccc(N2CC[NH+]([C@H](C)C(=O)N(C)[C@@H]3CCS(=O)(=O)C3)CC2)c1C. The molecule has 2 heterocycles. The number of nitrogens with one attached hydrogen (secondary N) is 1. The first kappa shape index (κ1) is 20.1. The molecule has 1 amide bonds. The van der Waals surface area contributed by atoms with E-state index in [1.54, 1.807) is 11.9 Å². The fraction of sp³-hybridized carbons (Fsp3) is 0.650. The topological polar surface area (TPSA) is 62.1 Å². The molecule has 0 aliphatic carbocycles. The number of quaternary nitrogens is 1. The molecule has 0 saturated carbocycles. The number of anilines is 1. The first-order valence-electron chi connectivity index (χ1n) is 9.82. The summed E-state index contributed by atoms with van der Waals surface area (Å²) in [5.41, 5.74) is 3.92. The number of likely N-dealkylation sites (N-methyl/N-ethyl adjacent to an activating group) is 1. The van der Waals surface area contributed by atoms with E-state index in [0.717, 1.165) is 26.2 Å². The maximum Gasteiger partial charge on any atom is 0.280 e. The first-order valence-corrected chi connectivity index (χ1v) is 11.6. The van der Waals surface area contributed by atoms with Gasteiger partial charge in [0.15, 0.2) is 15.9 Å². The molecule has 2 fully saturated rings. The van der Waals surface area contributed by atoms with Crippen molar-refractivity contribution in [3.05, 3.63) is 29.3 Å². The van der Waals surface area contributed by atoms with Crippen molar-refractivity contribution in [1.82, 2.24) is 4.90 Å². The highest BCUT2D eigenvalue weighted by molar-refractivity contribution is 7.91. The predicted octanol–water partition coefficient (Wildman–Crippen LogP) is 0.0423. The van der Waals surface area contributed by atoms with Gasteiger partial charge < -0.3 is 14.7 Å². The molecule has 2 aliphatic heterocycles. The number of carbonyl (C=O) groups excluding carboxylic acids is 1. The highest BCUT2D eigenvalue weighted by Crippen LogP contribution is 2.22. The van der Waals surface area contributed by atoms with Crippen LogP contribution < -0.4 is 9.80 Å². The Kier molecular flexibility index (Phi) is 5.82. The van der Waals surface area contributed by atoms with Gasteiger partial charge in [-0.1, -0.05) is 12.1 Å². The summed E-state index contributed by atoms with van der Waals surface area (Å²) in [6.07, 6.45) is 0.563. The van der Waals surface area contributed by atoms with Crippen LogP contribution in [0.5, 0.6) is 0 Å². The Morgan fingerprint density at radius 3 is 2.52 bits per heavy atom. The van der Waals surface area contributed by atoms with Crippen LogP contribution in [0.15, 0.2) is 18.2 Å². The third-order valence-electron chi connectivity index (χ3n) is 6.41. The molecule has 3 rings (SSSR count). The molecule has 150 valence electrons. The number of amides is 1. The predicted molar refractivity (Wildman–Crippen MR) is 108 cm³/mol. The summed E-state index contributed by atoms with van der Waals surface area (Å²) in [6.45, 7) is 9.97. The zero-order valence-electron chi connectivity index (χ0n) is 16.9. The molecule has 0 spiro atoms. The Morgan fingerprint density at radius 2 is 1.93 bits per heavy atom. The summed E-state index contributed by atoms with van der Waals surface area (Å²) in [4.78, 5) is 18.3. The van der Waals surface area contributed by atoms with E-state index in [4.69, 9.17) is 0 Å². The fourth-order valence-corrected chi connectivity index (χ4v) is 6.06. The Morgan fingerprint density at radius 1 is 1.26 bits per heavy atom. The number of hydrogen-bond donors (Lipinski definition) is 1. The van der Waals surface area contributed by atoms with E-state index in [0.29, 0.717) is 6.42 Å². The molecule has 2 saturated heterocycles. The van der Waals surface area contributed by atoms with Crippen molar-refractivity contribution >= 4 is 21.4 Å². The van der Waals surface area contributed by atoms with E-state index >= 15 is 0 Å². The maximum atomic E-state index is 12.9. The van der Waals surface area contributed by atoms with Gasteiger partial charge in [-0.05, 0) is 44.4 Å². The number of carbonyl (C=O) groups is 1. The van der Waals surface area contributed by atoms with Crippen LogP contribution in [0.4, 0.5) is 5.69 Å². The van der Waals surface area contributed by atoms with Gasteiger partial charge in [-0.15, -0.1) is 0 Å². The molecule has 0 bridgehead atoms. The zero-order chi connectivity index (χ0) is 19.8. The molecule has 2 aliphatic rings. The quantitative estimate of drug-likeness (QED) is 0.784. The van der Waals surface area contributed by atoms with Gasteiger partial charge in [0.1, 0.15) is 0 Å². The number of hydrogen-bond acceptors (Lipinski definition) is 4. The molecule has 1 aromatic carbocycles. The molecule has 0 unspecified atom stereocenters. The maximum absolute atomic E-state index is 12.9. The standard InChI is InChI=1S/C20H31N3O3S/c1-15-6-5-7-19(16(15)2)23-11-9-22(10-12-23)17(3)20(24)21(4)18-8-13-27(25,26)14-18/h5-7,17-18H,8-14H2,1-4H3/p+1/t17-,18-/m1/s1. The molecule has 0 radical (unpaired) electrons. The van der Waals surface area contributed by atoms with E-state index in [1.165, 1.54) is 21.7 Å². The number of rotatable bonds is 4. The summed E-state index contributed by atoms with van der Waals surface area (Å²) in [5.74, 6) is 0.371. The summed E-state index contributed by atoms with van der Waals surface area (Å²) < 4.78 is 23.4. The van der Waals surface area contributed by atoms with E-state index in [1.807, 2.05) is 6.92 Å². The molecule has 2 atom stereocenters. The second kappa shape index (κ2) is 7.80. The number of sulfone groups is 1. The lowest BCUT2D eigenvalue weighted by molar-refractivity contribution is -0.915. The van der Waals surface area contributed by atoms with E-state index in [9.17, 15) is 13.2 Å². The van der Waals surface area contributed by atoms with Gasteiger partial charge >= 0.3 is 0 Å². The van der Waals surface area contributed by atoms with Gasteiger partial charge in [0.2, 0.25) is 0 Å². The highest BCUT2D eigenvalue weighted by atomic mass is 32.2. The summed E-state index contributed by atoms with van der Waals surface area (Å²) in [6, 6.07) is 6.11. The molecular weight excluding hydrogens is 362 g/mol. The lowest BCUT2D eigenvalue weighted by atomic mass is 10.1. The van der Waals surface area contributed by atoms with Crippen molar-refractivity contribution < 1.29 is 18.1 Å². The van der Waals surface area contributed by atoms with Crippen LogP contribution in [0.25, 0.3) is 0 Å². The van der Waals surface area contributed by atoms with E-state index < -0.39 is 9.84 Å².